The topological polar surface area (TPSA) is 76.3 Å². The lowest BCUT2D eigenvalue weighted by Crippen LogP contribution is -2.37. The Bertz CT molecular complexity index is 753. The molecule has 2 aromatic rings. The predicted octanol–water partition coefficient (Wildman–Crippen LogP) is 1.62. The summed E-state index contributed by atoms with van der Waals surface area (Å²) in [7, 11) is 0. The van der Waals surface area contributed by atoms with Gasteiger partial charge in [-0.25, -0.2) is 0 Å². The molecule has 2 N–H and O–H groups in total. The van der Waals surface area contributed by atoms with Gasteiger partial charge in [-0.15, -0.1) is 0 Å². The zero-order valence-electron chi connectivity index (χ0n) is 13.1. The minimum atomic E-state index is -0.410. The second kappa shape index (κ2) is 6.20. The number of fused-ring (bicyclic) bond motifs is 1. The van der Waals surface area contributed by atoms with Crippen LogP contribution in [-0.2, 0) is 24.2 Å². The molecular weight excluding hydrogens is 290 g/mol. The Balaban J connectivity index is 1.74. The van der Waals surface area contributed by atoms with Crippen LogP contribution in [0.1, 0.15) is 32.7 Å². The molecule has 1 aromatic heterocycles. The van der Waals surface area contributed by atoms with Gasteiger partial charge in [0.05, 0.1) is 6.42 Å². The third-order valence-corrected chi connectivity index (χ3v) is 4.21. The van der Waals surface area contributed by atoms with E-state index in [0.29, 0.717) is 31.5 Å². The monoisotopic (exact) mass is 309 g/mol. The quantitative estimate of drug-likeness (QED) is 0.936. The van der Waals surface area contributed by atoms with Crippen molar-refractivity contribution >= 4 is 11.8 Å². The molecule has 3 rings (SSSR count). The number of nitrogens with zero attached hydrogens (tertiary/aromatic N) is 2. The molecule has 23 heavy (non-hydrogen) atoms. The van der Waals surface area contributed by atoms with Crippen LogP contribution in [0.3, 0.4) is 0 Å². The van der Waals surface area contributed by atoms with Crippen molar-refractivity contribution in [1.29, 1.82) is 0 Å². The van der Waals surface area contributed by atoms with Crippen molar-refractivity contribution in [3.63, 3.8) is 0 Å². The van der Waals surface area contributed by atoms with Crippen LogP contribution in [0.15, 0.2) is 36.5 Å². The Labute approximate surface area is 135 Å². The number of aryl methyl sites for hydroxylation is 1. The van der Waals surface area contributed by atoms with Gasteiger partial charge in [-0.3, -0.25) is 14.6 Å². The molecule has 0 unspecified atom stereocenters. The summed E-state index contributed by atoms with van der Waals surface area (Å²) in [5.74, 6) is -0.335. The van der Waals surface area contributed by atoms with Crippen molar-refractivity contribution in [1.82, 2.24) is 9.88 Å². The molecular formula is C18H19N3O2. The number of amides is 2. The number of hydrogen-bond acceptors (Lipinski definition) is 3. The van der Waals surface area contributed by atoms with Gasteiger partial charge < -0.3 is 10.6 Å². The van der Waals surface area contributed by atoms with Crippen molar-refractivity contribution in [2.45, 2.75) is 26.3 Å². The van der Waals surface area contributed by atoms with Gasteiger partial charge in [-0.05, 0) is 42.2 Å². The molecule has 0 atom stereocenters. The number of aromatic nitrogens is 1. The van der Waals surface area contributed by atoms with Crippen molar-refractivity contribution in [3.8, 4) is 0 Å². The molecule has 1 aromatic carbocycles. The number of benzene rings is 1. The summed E-state index contributed by atoms with van der Waals surface area (Å²) in [6.07, 6.45) is 2.75. The number of pyridine rings is 1. The maximum atomic E-state index is 12.5. The van der Waals surface area contributed by atoms with E-state index in [-0.39, 0.29) is 5.91 Å². The lowest BCUT2D eigenvalue weighted by Gasteiger charge is -2.30. The molecule has 0 spiro atoms. The van der Waals surface area contributed by atoms with Gasteiger partial charge in [0.2, 0.25) is 11.8 Å². The molecule has 2 amide bonds. The van der Waals surface area contributed by atoms with Crippen molar-refractivity contribution in [2.24, 2.45) is 5.73 Å². The zero-order valence-corrected chi connectivity index (χ0v) is 13.1. The first-order chi connectivity index (χ1) is 11.0. The van der Waals surface area contributed by atoms with Crippen LogP contribution in [0.4, 0.5) is 0 Å². The summed E-state index contributed by atoms with van der Waals surface area (Å²) in [4.78, 5) is 30.0. The van der Waals surface area contributed by atoms with Gasteiger partial charge in [0.15, 0.2) is 0 Å². The third-order valence-electron chi connectivity index (χ3n) is 4.21. The molecule has 0 radical (unpaired) electrons. The Hall–Kier alpha value is -2.69. The van der Waals surface area contributed by atoms with Crippen LogP contribution in [-0.4, -0.2) is 28.2 Å². The number of hydrogen-bond donors (Lipinski definition) is 1. The van der Waals surface area contributed by atoms with Gasteiger partial charge in [-0.2, -0.15) is 0 Å². The molecule has 5 heteroatoms. The second-order valence-corrected chi connectivity index (χ2v) is 5.86. The minimum Gasteiger partial charge on any atom is -0.366 e. The summed E-state index contributed by atoms with van der Waals surface area (Å²) in [5, 5.41) is 0. The van der Waals surface area contributed by atoms with Crippen LogP contribution >= 0.6 is 0 Å². The molecule has 5 nitrogen and oxygen atoms in total. The lowest BCUT2D eigenvalue weighted by molar-refractivity contribution is -0.131. The van der Waals surface area contributed by atoms with E-state index in [4.69, 9.17) is 5.73 Å². The Morgan fingerprint density at radius 1 is 1.26 bits per heavy atom. The highest BCUT2D eigenvalue weighted by molar-refractivity contribution is 5.94. The first-order valence-corrected chi connectivity index (χ1v) is 7.64. The smallest absolute Gasteiger partial charge is 0.248 e. The molecule has 0 aliphatic carbocycles. The molecule has 0 bridgehead atoms. The van der Waals surface area contributed by atoms with Crippen LogP contribution in [0.2, 0.25) is 0 Å². The number of carbonyl (C=O) groups excluding carboxylic acids is 2. The Kier molecular flexibility index (Phi) is 4.10. The van der Waals surface area contributed by atoms with E-state index in [0.717, 1.165) is 22.4 Å². The van der Waals surface area contributed by atoms with E-state index in [2.05, 4.69) is 4.98 Å². The lowest BCUT2D eigenvalue weighted by atomic mass is 9.94. The van der Waals surface area contributed by atoms with E-state index < -0.39 is 5.91 Å². The highest BCUT2D eigenvalue weighted by Crippen LogP contribution is 2.23. The Morgan fingerprint density at radius 3 is 2.78 bits per heavy atom. The average molecular weight is 309 g/mol. The fourth-order valence-electron chi connectivity index (χ4n) is 2.94. The standard InChI is InChI=1S/C18H19N3O2/c1-12-5-6-13(10-20-12)9-17(22)21-8-7-15-14(11-21)3-2-4-16(15)18(19)23/h2-6,10H,7-9,11H2,1H3,(H2,19,23). The van der Waals surface area contributed by atoms with Crippen LogP contribution in [0.25, 0.3) is 0 Å². The molecule has 0 saturated heterocycles. The normalized spacial score (nSPS) is 13.5. The summed E-state index contributed by atoms with van der Waals surface area (Å²) in [6.45, 7) is 3.05. The second-order valence-electron chi connectivity index (χ2n) is 5.86. The van der Waals surface area contributed by atoms with Gasteiger partial charge in [0, 0.05) is 30.5 Å². The maximum Gasteiger partial charge on any atom is 0.248 e. The van der Waals surface area contributed by atoms with E-state index in [9.17, 15) is 9.59 Å². The molecule has 118 valence electrons. The van der Waals surface area contributed by atoms with Crippen LogP contribution in [0, 0.1) is 6.92 Å². The van der Waals surface area contributed by atoms with Gasteiger partial charge in [0.1, 0.15) is 0 Å². The van der Waals surface area contributed by atoms with Gasteiger partial charge >= 0.3 is 0 Å². The van der Waals surface area contributed by atoms with E-state index in [1.165, 1.54) is 0 Å². The molecule has 0 fully saturated rings. The molecule has 1 aliphatic heterocycles. The first kappa shape index (κ1) is 15.2. The molecule has 1 aliphatic rings. The summed E-state index contributed by atoms with van der Waals surface area (Å²) in [5.41, 5.74) is 9.81. The van der Waals surface area contributed by atoms with Crippen LogP contribution < -0.4 is 5.73 Å². The van der Waals surface area contributed by atoms with Crippen LogP contribution in [0.5, 0.6) is 0 Å². The summed E-state index contributed by atoms with van der Waals surface area (Å²) >= 11 is 0. The van der Waals surface area contributed by atoms with Crippen molar-refractivity contribution in [2.75, 3.05) is 6.54 Å². The molecule has 0 saturated carbocycles. The fourth-order valence-corrected chi connectivity index (χ4v) is 2.94. The number of carbonyl (C=O) groups is 2. The first-order valence-electron chi connectivity index (χ1n) is 7.64. The Morgan fingerprint density at radius 2 is 2.09 bits per heavy atom. The molecule has 2 heterocycles. The third kappa shape index (κ3) is 3.23. The highest BCUT2D eigenvalue weighted by atomic mass is 16.2. The van der Waals surface area contributed by atoms with E-state index >= 15 is 0 Å². The number of primary amides is 1. The maximum absolute atomic E-state index is 12.5. The van der Waals surface area contributed by atoms with Crippen molar-refractivity contribution in [3.05, 3.63) is 64.5 Å². The SMILES string of the molecule is Cc1ccc(CC(=O)N2CCc3c(cccc3C(N)=O)C2)cn1. The van der Waals surface area contributed by atoms with E-state index in [1.807, 2.05) is 36.1 Å². The fraction of sp³-hybridized carbons (Fsp3) is 0.278. The predicted molar refractivity (Wildman–Crippen MR) is 86.8 cm³/mol. The van der Waals surface area contributed by atoms with Gasteiger partial charge in [-0.1, -0.05) is 18.2 Å². The summed E-state index contributed by atoms with van der Waals surface area (Å²) < 4.78 is 0. The minimum absolute atomic E-state index is 0.0748. The number of rotatable bonds is 3. The summed E-state index contributed by atoms with van der Waals surface area (Å²) in [6, 6.07) is 9.36. The van der Waals surface area contributed by atoms with E-state index in [1.54, 1.807) is 12.3 Å². The number of nitrogens with two attached hydrogens (primary N) is 1. The zero-order chi connectivity index (χ0) is 16.4. The highest BCUT2D eigenvalue weighted by Gasteiger charge is 2.23. The van der Waals surface area contributed by atoms with Crippen molar-refractivity contribution < 1.29 is 9.59 Å². The van der Waals surface area contributed by atoms with Gasteiger partial charge in [0.25, 0.3) is 0 Å². The average Bonchev–Trinajstić information content (AvgIpc) is 2.55. The largest absolute Gasteiger partial charge is 0.366 e.